The van der Waals surface area contributed by atoms with Crippen molar-refractivity contribution in [1.82, 2.24) is 0 Å². The van der Waals surface area contributed by atoms with Gasteiger partial charge in [0, 0.05) is 0 Å². The van der Waals surface area contributed by atoms with E-state index in [0.29, 0.717) is 5.56 Å². The summed E-state index contributed by atoms with van der Waals surface area (Å²) in [6, 6.07) is 12.6. The van der Waals surface area contributed by atoms with Crippen LogP contribution in [0.25, 0.3) is 0 Å². The van der Waals surface area contributed by atoms with E-state index in [4.69, 9.17) is 0 Å². The second-order valence-corrected chi connectivity index (χ2v) is 5.03. The summed E-state index contributed by atoms with van der Waals surface area (Å²) in [6.07, 6.45) is 1.72. The van der Waals surface area contributed by atoms with Gasteiger partial charge >= 0.3 is 0 Å². The number of hydrogen-bond acceptors (Lipinski definition) is 1. The predicted molar refractivity (Wildman–Crippen MR) is 68.9 cm³/mol. The van der Waals surface area contributed by atoms with Crippen molar-refractivity contribution in [3.05, 3.63) is 70.5 Å². The molecular weight excluding hydrogens is 227 g/mol. The number of rotatable bonds is 0. The van der Waals surface area contributed by atoms with Crippen molar-refractivity contribution in [2.75, 3.05) is 0 Å². The van der Waals surface area contributed by atoms with E-state index in [1.165, 1.54) is 12.1 Å². The van der Waals surface area contributed by atoms with E-state index in [1.807, 2.05) is 24.3 Å². The van der Waals surface area contributed by atoms with E-state index >= 15 is 0 Å². The molecular formula is C16H15FO. The lowest BCUT2D eigenvalue weighted by Gasteiger charge is -2.26. The molecule has 2 aromatic carbocycles. The molecule has 92 valence electrons. The van der Waals surface area contributed by atoms with Crippen molar-refractivity contribution in [2.45, 2.75) is 25.4 Å². The van der Waals surface area contributed by atoms with Crippen LogP contribution in [0.15, 0.2) is 42.5 Å². The van der Waals surface area contributed by atoms with E-state index in [-0.39, 0.29) is 5.82 Å². The SMILES string of the molecule is CC1(O)c2ccccc2CCc2ccc(F)cc21. The largest absolute Gasteiger partial charge is 0.381 e. The summed E-state index contributed by atoms with van der Waals surface area (Å²) in [7, 11) is 0. The van der Waals surface area contributed by atoms with Gasteiger partial charge in [-0.15, -0.1) is 0 Å². The van der Waals surface area contributed by atoms with Crippen molar-refractivity contribution < 1.29 is 9.50 Å². The van der Waals surface area contributed by atoms with Gasteiger partial charge in [0.05, 0.1) is 0 Å². The molecule has 0 bridgehead atoms. The lowest BCUT2D eigenvalue weighted by Crippen LogP contribution is -2.24. The highest BCUT2D eigenvalue weighted by molar-refractivity contribution is 5.46. The number of aliphatic hydroxyl groups is 1. The van der Waals surface area contributed by atoms with Crippen LogP contribution in [0.5, 0.6) is 0 Å². The van der Waals surface area contributed by atoms with Gasteiger partial charge in [-0.25, -0.2) is 4.39 Å². The van der Waals surface area contributed by atoms with Crippen molar-refractivity contribution >= 4 is 0 Å². The zero-order chi connectivity index (χ0) is 12.8. The third-order valence-corrected chi connectivity index (χ3v) is 3.80. The number of hydrogen-bond donors (Lipinski definition) is 1. The van der Waals surface area contributed by atoms with Crippen molar-refractivity contribution in [3.63, 3.8) is 0 Å². The molecule has 1 aliphatic rings. The van der Waals surface area contributed by atoms with E-state index in [1.54, 1.807) is 13.0 Å². The standard InChI is InChI=1S/C16H15FO/c1-16(18)14-5-3-2-4-11(14)6-7-12-8-9-13(17)10-15(12)16/h2-5,8-10,18H,6-7H2,1H3. The van der Waals surface area contributed by atoms with Gasteiger partial charge in [-0.1, -0.05) is 30.3 Å². The predicted octanol–water partition coefficient (Wildman–Crippen LogP) is 3.18. The summed E-state index contributed by atoms with van der Waals surface area (Å²) in [5.41, 5.74) is 2.61. The Morgan fingerprint density at radius 1 is 1.00 bits per heavy atom. The fourth-order valence-corrected chi connectivity index (χ4v) is 2.85. The number of fused-ring (bicyclic) bond motifs is 2. The van der Waals surface area contributed by atoms with Gasteiger partial charge in [0.15, 0.2) is 0 Å². The Labute approximate surface area is 106 Å². The van der Waals surface area contributed by atoms with Crippen LogP contribution in [-0.2, 0) is 18.4 Å². The van der Waals surface area contributed by atoms with Crippen molar-refractivity contribution in [1.29, 1.82) is 0 Å². The maximum Gasteiger partial charge on any atom is 0.123 e. The van der Waals surface area contributed by atoms with E-state index < -0.39 is 5.60 Å². The summed E-state index contributed by atoms with van der Waals surface area (Å²) in [5, 5.41) is 10.8. The highest BCUT2D eigenvalue weighted by Gasteiger charge is 2.32. The molecule has 2 aromatic rings. The first kappa shape index (κ1) is 11.4. The molecule has 1 aliphatic carbocycles. The van der Waals surface area contributed by atoms with Crippen LogP contribution >= 0.6 is 0 Å². The van der Waals surface area contributed by atoms with Gasteiger partial charge in [-0.2, -0.15) is 0 Å². The van der Waals surface area contributed by atoms with Crippen LogP contribution in [0.3, 0.4) is 0 Å². The Hall–Kier alpha value is -1.67. The lowest BCUT2D eigenvalue weighted by molar-refractivity contribution is 0.101. The van der Waals surface area contributed by atoms with Crippen LogP contribution < -0.4 is 0 Å². The molecule has 0 heterocycles. The first-order chi connectivity index (χ1) is 8.59. The molecule has 18 heavy (non-hydrogen) atoms. The highest BCUT2D eigenvalue weighted by Crippen LogP contribution is 2.37. The molecule has 0 aromatic heterocycles. The van der Waals surface area contributed by atoms with E-state index in [2.05, 4.69) is 0 Å². The molecule has 3 rings (SSSR count). The minimum Gasteiger partial charge on any atom is -0.381 e. The number of halogens is 1. The molecule has 1 N–H and O–H groups in total. The topological polar surface area (TPSA) is 20.2 Å². The van der Waals surface area contributed by atoms with Crippen molar-refractivity contribution in [3.8, 4) is 0 Å². The molecule has 1 atom stereocenters. The third-order valence-electron chi connectivity index (χ3n) is 3.80. The normalized spacial score (nSPS) is 21.9. The van der Waals surface area contributed by atoms with Crippen LogP contribution in [0.1, 0.15) is 29.2 Å². The van der Waals surface area contributed by atoms with Gasteiger partial charge in [0.1, 0.15) is 11.4 Å². The first-order valence-electron chi connectivity index (χ1n) is 6.19. The maximum atomic E-state index is 13.4. The highest BCUT2D eigenvalue weighted by atomic mass is 19.1. The van der Waals surface area contributed by atoms with Gasteiger partial charge in [-0.3, -0.25) is 0 Å². The van der Waals surface area contributed by atoms with Crippen LogP contribution in [-0.4, -0.2) is 5.11 Å². The Kier molecular flexibility index (Phi) is 2.49. The van der Waals surface area contributed by atoms with E-state index in [0.717, 1.165) is 29.5 Å². The molecule has 2 heteroatoms. The fraction of sp³-hybridized carbons (Fsp3) is 0.250. The quantitative estimate of drug-likeness (QED) is 0.752. The Morgan fingerprint density at radius 2 is 1.67 bits per heavy atom. The van der Waals surface area contributed by atoms with Gasteiger partial charge in [0.25, 0.3) is 0 Å². The minimum absolute atomic E-state index is 0.298. The smallest absolute Gasteiger partial charge is 0.123 e. The first-order valence-corrected chi connectivity index (χ1v) is 6.19. The summed E-state index contributed by atoms with van der Waals surface area (Å²) in [4.78, 5) is 0. The lowest BCUT2D eigenvalue weighted by atomic mass is 9.85. The Bertz CT molecular complexity index is 602. The molecule has 0 fully saturated rings. The van der Waals surface area contributed by atoms with Crippen LogP contribution in [0, 0.1) is 5.82 Å². The van der Waals surface area contributed by atoms with Crippen LogP contribution in [0.4, 0.5) is 4.39 Å². The molecule has 0 amide bonds. The summed E-state index contributed by atoms with van der Waals surface area (Å²) in [6.45, 7) is 1.75. The zero-order valence-electron chi connectivity index (χ0n) is 10.3. The molecule has 0 saturated heterocycles. The van der Waals surface area contributed by atoms with Crippen LogP contribution in [0.2, 0.25) is 0 Å². The molecule has 1 unspecified atom stereocenters. The third kappa shape index (κ3) is 1.65. The Morgan fingerprint density at radius 3 is 2.44 bits per heavy atom. The van der Waals surface area contributed by atoms with Gasteiger partial charge in [-0.05, 0) is 54.2 Å². The van der Waals surface area contributed by atoms with Gasteiger partial charge in [0.2, 0.25) is 0 Å². The summed E-state index contributed by atoms with van der Waals surface area (Å²) >= 11 is 0. The molecule has 0 spiro atoms. The molecule has 0 radical (unpaired) electrons. The molecule has 0 saturated carbocycles. The number of benzene rings is 2. The average molecular weight is 242 g/mol. The maximum absolute atomic E-state index is 13.4. The molecule has 1 nitrogen and oxygen atoms in total. The fourth-order valence-electron chi connectivity index (χ4n) is 2.85. The molecule has 0 aliphatic heterocycles. The summed E-state index contributed by atoms with van der Waals surface area (Å²) < 4.78 is 13.4. The second kappa shape index (κ2) is 3.92. The zero-order valence-corrected chi connectivity index (χ0v) is 10.3. The van der Waals surface area contributed by atoms with Crippen molar-refractivity contribution in [2.24, 2.45) is 0 Å². The minimum atomic E-state index is -1.12. The second-order valence-electron chi connectivity index (χ2n) is 5.03. The summed E-state index contributed by atoms with van der Waals surface area (Å²) in [5.74, 6) is -0.298. The van der Waals surface area contributed by atoms with Gasteiger partial charge < -0.3 is 5.11 Å². The Balaban J connectivity index is 2.27. The average Bonchev–Trinajstić information content (AvgIpc) is 2.47. The number of aryl methyl sites for hydroxylation is 2. The monoisotopic (exact) mass is 242 g/mol. The van der Waals surface area contributed by atoms with E-state index in [9.17, 15) is 9.50 Å².